The van der Waals surface area contributed by atoms with Crippen LogP contribution in [0.2, 0.25) is 4.34 Å². The van der Waals surface area contributed by atoms with Crippen molar-refractivity contribution >= 4 is 66.4 Å². The van der Waals surface area contributed by atoms with Gasteiger partial charge in [0.15, 0.2) is 4.80 Å². The SMILES string of the molecule is COC(=O)Cn1c(=NC(=O)C2CCCCN2S(=O)(=O)c2ccc(Cl)s2)sc2cc(C)c(C)cc21. The molecule has 182 valence electrons. The molecular weight excluding hydrogens is 518 g/mol. The number of ether oxygens (including phenoxy) is 1. The first-order valence-corrected chi connectivity index (χ1v) is 14.1. The van der Waals surface area contributed by atoms with Crippen LogP contribution in [0.3, 0.4) is 0 Å². The summed E-state index contributed by atoms with van der Waals surface area (Å²) in [7, 11) is -2.59. The second-order valence-electron chi connectivity index (χ2n) is 8.09. The Morgan fingerprint density at radius 1 is 1.18 bits per heavy atom. The number of nitrogens with zero attached hydrogens (tertiary/aromatic N) is 3. The van der Waals surface area contributed by atoms with Gasteiger partial charge in [0.1, 0.15) is 16.8 Å². The maximum absolute atomic E-state index is 13.4. The summed E-state index contributed by atoms with van der Waals surface area (Å²) in [5.41, 5.74) is 2.89. The lowest BCUT2D eigenvalue weighted by Gasteiger charge is -2.31. The number of methoxy groups -OCH3 is 1. The van der Waals surface area contributed by atoms with Gasteiger partial charge in [-0.15, -0.1) is 11.3 Å². The van der Waals surface area contributed by atoms with E-state index in [-0.39, 0.29) is 17.3 Å². The zero-order chi connectivity index (χ0) is 24.6. The zero-order valence-corrected chi connectivity index (χ0v) is 22.1. The van der Waals surface area contributed by atoms with E-state index in [0.717, 1.165) is 39.1 Å². The van der Waals surface area contributed by atoms with Gasteiger partial charge in [-0.2, -0.15) is 9.30 Å². The average molecular weight is 542 g/mol. The molecule has 1 aliphatic rings. The molecule has 12 heteroatoms. The van der Waals surface area contributed by atoms with Crippen molar-refractivity contribution in [3.8, 4) is 0 Å². The van der Waals surface area contributed by atoms with Gasteiger partial charge in [-0.1, -0.05) is 29.4 Å². The molecule has 0 radical (unpaired) electrons. The van der Waals surface area contributed by atoms with Gasteiger partial charge in [-0.25, -0.2) is 8.42 Å². The number of halogens is 1. The van der Waals surface area contributed by atoms with Crippen molar-refractivity contribution in [1.29, 1.82) is 0 Å². The number of fused-ring (bicyclic) bond motifs is 1. The third-order valence-electron chi connectivity index (χ3n) is 5.87. The van der Waals surface area contributed by atoms with E-state index in [2.05, 4.69) is 4.99 Å². The fourth-order valence-electron chi connectivity index (χ4n) is 3.91. The van der Waals surface area contributed by atoms with Gasteiger partial charge in [0.05, 0.1) is 21.7 Å². The number of aromatic nitrogens is 1. The van der Waals surface area contributed by atoms with Crippen molar-refractivity contribution in [2.75, 3.05) is 13.7 Å². The molecule has 4 rings (SSSR count). The van der Waals surface area contributed by atoms with Gasteiger partial charge in [0.2, 0.25) is 0 Å². The van der Waals surface area contributed by atoms with Crippen LogP contribution in [0.1, 0.15) is 30.4 Å². The number of piperidine rings is 1. The van der Waals surface area contributed by atoms with Gasteiger partial charge in [-0.05, 0) is 62.1 Å². The van der Waals surface area contributed by atoms with Gasteiger partial charge in [-0.3, -0.25) is 9.59 Å². The summed E-state index contributed by atoms with van der Waals surface area (Å²) in [6, 6.07) is 6.01. The van der Waals surface area contributed by atoms with Gasteiger partial charge in [0, 0.05) is 6.54 Å². The fraction of sp³-hybridized carbons (Fsp3) is 0.409. The molecule has 3 heterocycles. The van der Waals surface area contributed by atoms with Crippen LogP contribution >= 0.6 is 34.3 Å². The number of aryl methyl sites for hydroxylation is 2. The number of carbonyl (C=O) groups is 2. The van der Waals surface area contributed by atoms with E-state index in [4.69, 9.17) is 16.3 Å². The molecule has 0 bridgehead atoms. The van der Waals surface area contributed by atoms with Crippen molar-refractivity contribution in [2.24, 2.45) is 4.99 Å². The molecule has 34 heavy (non-hydrogen) atoms. The highest BCUT2D eigenvalue weighted by Crippen LogP contribution is 2.32. The Morgan fingerprint density at radius 2 is 1.91 bits per heavy atom. The lowest BCUT2D eigenvalue weighted by molar-refractivity contribution is -0.141. The standard InChI is InChI=1S/C22H24ClN3O5S3/c1-13-10-16-17(11-14(13)2)32-22(25(16)12-19(27)31-3)24-21(28)15-6-4-5-9-26(15)34(29,30)20-8-7-18(23)33-20/h7-8,10-11,15H,4-6,9,12H2,1-3H3. The van der Waals surface area contributed by atoms with Crippen LogP contribution in [0.15, 0.2) is 33.5 Å². The summed E-state index contributed by atoms with van der Waals surface area (Å²) in [6.07, 6.45) is 1.75. The molecular formula is C22H24ClN3O5S3. The number of benzene rings is 1. The summed E-state index contributed by atoms with van der Waals surface area (Å²) >= 11 is 8.20. The zero-order valence-electron chi connectivity index (χ0n) is 18.9. The van der Waals surface area contributed by atoms with Crippen molar-refractivity contribution in [3.63, 3.8) is 0 Å². The minimum atomic E-state index is -3.89. The summed E-state index contributed by atoms with van der Waals surface area (Å²) in [4.78, 5) is 30.1. The minimum absolute atomic E-state index is 0.103. The highest BCUT2D eigenvalue weighted by molar-refractivity contribution is 7.91. The largest absolute Gasteiger partial charge is 0.468 e. The summed E-state index contributed by atoms with van der Waals surface area (Å²) in [5, 5.41) is 0. The van der Waals surface area contributed by atoms with Crippen molar-refractivity contribution < 1.29 is 22.7 Å². The lowest BCUT2D eigenvalue weighted by Crippen LogP contribution is -2.47. The molecule has 1 atom stereocenters. The highest BCUT2D eigenvalue weighted by atomic mass is 35.5. The van der Waals surface area contributed by atoms with Gasteiger partial charge < -0.3 is 9.30 Å². The smallest absolute Gasteiger partial charge is 0.325 e. The number of carbonyl (C=O) groups excluding carboxylic acids is 2. The monoisotopic (exact) mass is 541 g/mol. The fourth-order valence-corrected chi connectivity index (χ4v) is 8.29. The highest BCUT2D eigenvalue weighted by Gasteiger charge is 2.38. The Balaban J connectivity index is 1.78. The molecule has 3 aromatic rings. The number of thiazole rings is 1. The predicted octanol–water partition coefficient (Wildman–Crippen LogP) is 3.88. The molecule has 0 saturated carbocycles. The summed E-state index contributed by atoms with van der Waals surface area (Å²) in [6.45, 7) is 4.09. The van der Waals surface area contributed by atoms with Crippen LogP contribution in [-0.2, 0) is 30.9 Å². The van der Waals surface area contributed by atoms with E-state index in [1.807, 2.05) is 26.0 Å². The molecule has 0 N–H and O–H groups in total. The van der Waals surface area contributed by atoms with Crippen LogP contribution in [0.25, 0.3) is 10.2 Å². The number of hydrogen-bond donors (Lipinski definition) is 0. The third kappa shape index (κ3) is 4.85. The second-order valence-corrected chi connectivity index (χ2v) is 12.9. The second kappa shape index (κ2) is 9.90. The maximum atomic E-state index is 13.4. The van der Waals surface area contributed by atoms with E-state index in [9.17, 15) is 18.0 Å². The molecule has 1 amide bonds. The molecule has 8 nitrogen and oxygen atoms in total. The number of hydrogen-bond acceptors (Lipinski definition) is 7. The maximum Gasteiger partial charge on any atom is 0.325 e. The number of rotatable bonds is 5. The molecule has 1 fully saturated rings. The van der Waals surface area contributed by atoms with Crippen molar-refractivity contribution in [1.82, 2.24) is 8.87 Å². The van der Waals surface area contributed by atoms with Gasteiger partial charge >= 0.3 is 5.97 Å². The average Bonchev–Trinajstić information content (AvgIpc) is 3.38. The summed E-state index contributed by atoms with van der Waals surface area (Å²) < 4.78 is 35.6. The normalized spacial score (nSPS) is 17.9. The van der Waals surface area contributed by atoms with Gasteiger partial charge in [0.25, 0.3) is 15.9 Å². The van der Waals surface area contributed by atoms with E-state index in [1.165, 1.54) is 34.9 Å². The van der Waals surface area contributed by atoms with E-state index in [1.54, 1.807) is 4.57 Å². The first-order valence-electron chi connectivity index (χ1n) is 10.6. The molecule has 0 spiro atoms. The van der Waals surface area contributed by atoms with Crippen molar-refractivity contribution in [3.05, 3.63) is 44.5 Å². The van der Waals surface area contributed by atoms with E-state index < -0.39 is 27.9 Å². The Labute approximate surface area is 210 Å². The molecule has 0 aliphatic carbocycles. The predicted molar refractivity (Wildman–Crippen MR) is 133 cm³/mol. The molecule has 1 aliphatic heterocycles. The minimum Gasteiger partial charge on any atom is -0.468 e. The molecule has 1 saturated heterocycles. The first-order chi connectivity index (χ1) is 16.1. The molecule has 1 unspecified atom stereocenters. The third-order valence-corrected chi connectivity index (χ3v) is 10.5. The number of thiophene rings is 1. The Kier molecular flexibility index (Phi) is 7.30. The van der Waals surface area contributed by atoms with Crippen LogP contribution in [0, 0.1) is 13.8 Å². The molecule has 2 aromatic heterocycles. The van der Waals surface area contributed by atoms with Crippen LogP contribution in [0.4, 0.5) is 0 Å². The topological polar surface area (TPSA) is 98.0 Å². The van der Waals surface area contributed by atoms with Crippen LogP contribution in [0.5, 0.6) is 0 Å². The quantitative estimate of drug-likeness (QED) is 0.457. The Hall–Kier alpha value is -2.05. The number of sulfonamides is 1. The van der Waals surface area contributed by atoms with Crippen LogP contribution in [-0.4, -0.2) is 48.9 Å². The summed E-state index contributed by atoms with van der Waals surface area (Å²) in [5.74, 6) is -1.02. The van der Waals surface area contributed by atoms with Crippen molar-refractivity contribution in [2.45, 2.75) is 49.9 Å². The molecule has 1 aromatic carbocycles. The first kappa shape index (κ1) is 25.1. The number of esters is 1. The Morgan fingerprint density at radius 3 is 2.59 bits per heavy atom. The van der Waals surface area contributed by atoms with Crippen LogP contribution < -0.4 is 4.80 Å². The Bertz CT molecular complexity index is 1440. The lowest BCUT2D eigenvalue weighted by atomic mass is 10.0. The number of amides is 1. The van der Waals surface area contributed by atoms with E-state index >= 15 is 0 Å². The van der Waals surface area contributed by atoms with E-state index in [0.29, 0.717) is 22.0 Å².